The maximum atomic E-state index is 6.06. The predicted molar refractivity (Wildman–Crippen MR) is 93.1 cm³/mol. The van der Waals surface area contributed by atoms with Gasteiger partial charge in [-0.05, 0) is 56.2 Å². The van der Waals surface area contributed by atoms with Crippen molar-refractivity contribution in [2.45, 2.75) is 25.7 Å². The summed E-state index contributed by atoms with van der Waals surface area (Å²) in [6, 6.07) is 8.24. The average Bonchev–Trinajstić information content (AvgIpc) is 2.90. The highest BCUT2D eigenvalue weighted by atomic mass is 35.5. The molecule has 0 aliphatic carbocycles. The molecule has 112 valence electrons. The van der Waals surface area contributed by atoms with E-state index in [0.717, 1.165) is 42.6 Å². The molecule has 3 nitrogen and oxygen atoms in total. The number of likely N-dealkylation sites (tertiary alicyclic amines) is 1. The van der Waals surface area contributed by atoms with Gasteiger partial charge in [0.15, 0.2) is 5.11 Å². The van der Waals surface area contributed by atoms with Gasteiger partial charge in [-0.3, -0.25) is 0 Å². The predicted octanol–water partition coefficient (Wildman–Crippen LogP) is 3.90. The molecule has 3 rings (SSSR count). The molecule has 1 aliphatic heterocycles. The summed E-state index contributed by atoms with van der Waals surface area (Å²) in [5, 5.41) is 6.11. The van der Waals surface area contributed by atoms with E-state index in [1.54, 1.807) is 0 Å². The number of piperidine rings is 1. The Morgan fingerprint density at radius 1 is 1.38 bits per heavy atom. The lowest BCUT2D eigenvalue weighted by molar-refractivity contribution is 0.308. The second kappa shape index (κ2) is 6.24. The Kier molecular flexibility index (Phi) is 4.36. The third-order valence-electron chi connectivity index (χ3n) is 4.15. The van der Waals surface area contributed by atoms with Gasteiger partial charge in [0.2, 0.25) is 0 Å². The second-order valence-electron chi connectivity index (χ2n) is 5.55. The number of benzene rings is 1. The fourth-order valence-corrected chi connectivity index (χ4v) is 3.51. The quantitative estimate of drug-likeness (QED) is 0.823. The first kappa shape index (κ1) is 14.7. The van der Waals surface area contributed by atoms with Crippen LogP contribution in [-0.4, -0.2) is 34.6 Å². The molecule has 1 aliphatic rings. The van der Waals surface area contributed by atoms with Crippen molar-refractivity contribution in [3.63, 3.8) is 0 Å². The summed E-state index contributed by atoms with van der Waals surface area (Å²) in [5.74, 6) is 0.580. The molecule has 0 spiro atoms. The molecule has 0 atom stereocenters. The summed E-state index contributed by atoms with van der Waals surface area (Å²) in [6.07, 6.45) is 2.26. The van der Waals surface area contributed by atoms with Crippen molar-refractivity contribution in [1.29, 1.82) is 0 Å². The number of fused-ring (bicyclic) bond motifs is 1. The van der Waals surface area contributed by atoms with E-state index in [9.17, 15) is 0 Å². The first-order chi connectivity index (χ1) is 10.2. The first-order valence-electron chi connectivity index (χ1n) is 7.48. The standard InChI is InChI=1S/C16H20ClN3S/c1-2-18-16(21)20-7-5-11(6-8-20)15-10-12-9-13(17)3-4-14(12)19-15/h3-4,9-11,19H,2,5-8H2,1H3,(H,18,21). The third kappa shape index (κ3) is 3.16. The molecule has 2 aromatic rings. The van der Waals surface area contributed by atoms with E-state index in [1.165, 1.54) is 16.6 Å². The summed E-state index contributed by atoms with van der Waals surface area (Å²) in [4.78, 5) is 5.81. The molecule has 0 unspecified atom stereocenters. The van der Waals surface area contributed by atoms with Crippen LogP contribution in [0.5, 0.6) is 0 Å². The second-order valence-corrected chi connectivity index (χ2v) is 6.38. The van der Waals surface area contributed by atoms with Crippen molar-refractivity contribution in [3.8, 4) is 0 Å². The van der Waals surface area contributed by atoms with Gasteiger partial charge in [-0.25, -0.2) is 0 Å². The zero-order valence-corrected chi connectivity index (χ0v) is 13.7. The Morgan fingerprint density at radius 3 is 2.86 bits per heavy atom. The summed E-state index contributed by atoms with van der Waals surface area (Å²) in [5.41, 5.74) is 2.49. The van der Waals surface area contributed by atoms with E-state index in [4.69, 9.17) is 23.8 Å². The zero-order chi connectivity index (χ0) is 14.8. The number of aromatic nitrogens is 1. The van der Waals surface area contributed by atoms with Crippen LogP contribution in [0, 0.1) is 0 Å². The Balaban J connectivity index is 1.69. The lowest BCUT2D eigenvalue weighted by atomic mass is 9.94. The Morgan fingerprint density at radius 2 is 2.14 bits per heavy atom. The molecule has 0 bridgehead atoms. The largest absolute Gasteiger partial charge is 0.363 e. The van der Waals surface area contributed by atoms with Crippen molar-refractivity contribution in [1.82, 2.24) is 15.2 Å². The van der Waals surface area contributed by atoms with Gasteiger partial charge in [-0.15, -0.1) is 0 Å². The van der Waals surface area contributed by atoms with Gasteiger partial charge in [0.05, 0.1) is 0 Å². The third-order valence-corrected chi connectivity index (χ3v) is 4.79. The number of hydrogen-bond donors (Lipinski definition) is 2. The Bertz CT molecular complexity index is 644. The van der Waals surface area contributed by atoms with Crippen molar-refractivity contribution in [3.05, 3.63) is 35.0 Å². The molecule has 21 heavy (non-hydrogen) atoms. The van der Waals surface area contributed by atoms with Crippen molar-refractivity contribution < 1.29 is 0 Å². The average molecular weight is 322 g/mol. The maximum Gasteiger partial charge on any atom is 0.168 e. The molecule has 1 aromatic heterocycles. The minimum Gasteiger partial charge on any atom is -0.363 e. The van der Waals surface area contributed by atoms with Gasteiger partial charge >= 0.3 is 0 Å². The van der Waals surface area contributed by atoms with Crippen molar-refractivity contribution in [2.75, 3.05) is 19.6 Å². The molecular formula is C16H20ClN3S. The van der Waals surface area contributed by atoms with Crippen LogP contribution in [0.15, 0.2) is 24.3 Å². The van der Waals surface area contributed by atoms with Crippen LogP contribution in [0.25, 0.3) is 10.9 Å². The number of nitrogens with zero attached hydrogens (tertiary/aromatic N) is 1. The Labute approximate surface area is 135 Å². The number of thiocarbonyl (C=S) groups is 1. The number of halogens is 1. The fourth-order valence-electron chi connectivity index (χ4n) is 3.00. The minimum atomic E-state index is 0.580. The molecule has 1 fully saturated rings. The summed E-state index contributed by atoms with van der Waals surface area (Å²) < 4.78 is 0. The van der Waals surface area contributed by atoms with Crippen LogP contribution in [-0.2, 0) is 0 Å². The van der Waals surface area contributed by atoms with E-state index in [0.29, 0.717) is 5.92 Å². The smallest absolute Gasteiger partial charge is 0.168 e. The van der Waals surface area contributed by atoms with Crippen LogP contribution in [0.3, 0.4) is 0 Å². The van der Waals surface area contributed by atoms with Gasteiger partial charge in [-0.2, -0.15) is 0 Å². The maximum absolute atomic E-state index is 6.06. The number of aromatic amines is 1. The fraction of sp³-hybridized carbons (Fsp3) is 0.438. The lowest BCUT2D eigenvalue weighted by Crippen LogP contribution is -2.43. The van der Waals surface area contributed by atoms with Crippen molar-refractivity contribution >= 4 is 39.8 Å². The highest BCUT2D eigenvalue weighted by molar-refractivity contribution is 7.80. The molecule has 0 saturated carbocycles. The first-order valence-corrected chi connectivity index (χ1v) is 8.27. The summed E-state index contributed by atoms with van der Waals surface area (Å²) >= 11 is 11.4. The monoisotopic (exact) mass is 321 g/mol. The normalized spacial score (nSPS) is 16.4. The molecule has 1 aromatic carbocycles. The van der Waals surface area contributed by atoms with Gasteiger partial charge in [0, 0.05) is 47.2 Å². The molecule has 0 radical (unpaired) electrons. The highest BCUT2D eigenvalue weighted by Gasteiger charge is 2.23. The number of rotatable bonds is 2. The summed E-state index contributed by atoms with van der Waals surface area (Å²) in [7, 11) is 0. The number of nitrogens with one attached hydrogen (secondary N) is 2. The van der Waals surface area contributed by atoms with Gasteiger partial charge in [0.1, 0.15) is 0 Å². The van der Waals surface area contributed by atoms with Crippen LogP contribution in [0.2, 0.25) is 5.02 Å². The molecule has 2 N–H and O–H groups in total. The van der Waals surface area contributed by atoms with E-state index in [2.05, 4.69) is 34.3 Å². The van der Waals surface area contributed by atoms with Crippen LogP contribution < -0.4 is 5.32 Å². The van der Waals surface area contributed by atoms with Gasteiger partial charge < -0.3 is 15.2 Å². The molecule has 2 heterocycles. The highest BCUT2D eigenvalue weighted by Crippen LogP contribution is 2.30. The minimum absolute atomic E-state index is 0.580. The van der Waals surface area contributed by atoms with E-state index >= 15 is 0 Å². The molecule has 1 saturated heterocycles. The van der Waals surface area contributed by atoms with Gasteiger partial charge in [0.25, 0.3) is 0 Å². The SMILES string of the molecule is CCNC(=S)N1CCC(c2cc3cc(Cl)ccc3[nH]2)CC1. The number of hydrogen-bond acceptors (Lipinski definition) is 1. The van der Waals surface area contributed by atoms with E-state index < -0.39 is 0 Å². The number of H-pyrrole nitrogens is 1. The Hall–Kier alpha value is -1.26. The van der Waals surface area contributed by atoms with Crippen LogP contribution in [0.4, 0.5) is 0 Å². The van der Waals surface area contributed by atoms with Gasteiger partial charge in [-0.1, -0.05) is 11.6 Å². The zero-order valence-electron chi connectivity index (χ0n) is 12.2. The molecule has 0 amide bonds. The summed E-state index contributed by atoms with van der Waals surface area (Å²) in [6.45, 7) is 5.01. The van der Waals surface area contributed by atoms with E-state index in [-0.39, 0.29) is 0 Å². The van der Waals surface area contributed by atoms with Crippen LogP contribution >= 0.6 is 23.8 Å². The van der Waals surface area contributed by atoms with Crippen molar-refractivity contribution in [2.24, 2.45) is 0 Å². The lowest BCUT2D eigenvalue weighted by Gasteiger charge is -2.33. The van der Waals surface area contributed by atoms with Crippen LogP contribution in [0.1, 0.15) is 31.4 Å². The topological polar surface area (TPSA) is 31.1 Å². The molecule has 5 heteroatoms. The van der Waals surface area contributed by atoms with E-state index in [1.807, 2.05) is 12.1 Å². The molecular weight excluding hydrogens is 302 g/mol.